The molecule has 2 aromatic rings. The smallest absolute Gasteiger partial charge is 0.335 e. The van der Waals surface area contributed by atoms with Crippen molar-refractivity contribution in [2.45, 2.75) is 25.8 Å². The highest BCUT2D eigenvalue weighted by Gasteiger charge is 2.32. The maximum absolute atomic E-state index is 12.3. The number of amides is 1. The summed E-state index contributed by atoms with van der Waals surface area (Å²) in [6, 6.07) is 8.29. The average molecular weight is 355 g/mol. The molecule has 1 fully saturated rings. The van der Waals surface area contributed by atoms with Gasteiger partial charge in [0.2, 0.25) is 5.91 Å². The van der Waals surface area contributed by atoms with Crippen molar-refractivity contribution in [1.82, 2.24) is 14.9 Å². The van der Waals surface area contributed by atoms with Crippen LogP contribution in [0.4, 0.5) is 0 Å². The zero-order valence-corrected chi connectivity index (χ0v) is 14.8. The van der Waals surface area contributed by atoms with Gasteiger partial charge in [-0.15, -0.1) is 0 Å². The lowest BCUT2D eigenvalue weighted by Crippen LogP contribution is -2.34. The summed E-state index contributed by atoms with van der Waals surface area (Å²) in [5.41, 5.74) is 2.35. The van der Waals surface area contributed by atoms with E-state index in [9.17, 15) is 14.7 Å². The van der Waals surface area contributed by atoms with E-state index in [1.54, 1.807) is 23.1 Å². The zero-order valence-electron chi connectivity index (χ0n) is 14.8. The third-order valence-electron chi connectivity index (χ3n) is 4.42. The molecule has 26 heavy (non-hydrogen) atoms. The third kappa shape index (κ3) is 3.72. The van der Waals surface area contributed by atoms with Crippen LogP contribution in [-0.4, -0.2) is 52.1 Å². The molecule has 3 rings (SSSR count). The second-order valence-corrected chi connectivity index (χ2v) is 6.32. The molecule has 1 aliphatic heterocycles. The number of nitrogens with zero attached hydrogens (tertiary/aromatic N) is 3. The molecule has 1 aliphatic rings. The summed E-state index contributed by atoms with van der Waals surface area (Å²) in [5, 5.41) is 9.20. The van der Waals surface area contributed by atoms with Gasteiger partial charge in [-0.25, -0.2) is 14.8 Å². The molecule has 1 amide bonds. The molecule has 1 aromatic heterocycles. The van der Waals surface area contributed by atoms with Crippen LogP contribution in [0.5, 0.6) is 0 Å². The van der Waals surface area contributed by atoms with Crippen molar-refractivity contribution in [2.24, 2.45) is 0 Å². The number of carbonyl (C=O) groups is 2. The first kappa shape index (κ1) is 18.0. The molecule has 0 radical (unpaired) electrons. The fraction of sp³-hybridized carbons (Fsp3) is 0.368. The molecule has 1 unspecified atom stereocenters. The van der Waals surface area contributed by atoms with E-state index in [2.05, 4.69) is 9.97 Å². The van der Waals surface area contributed by atoms with Gasteiger partial charge in [-0.2, -0.15) is 0 Å². The van der Waals surface area contributed by atoms with Crippen LogP contribution in [0.2, 0.25) is 0 Å². The standard InChI is InChI=1S/C19H21N3O4/c1-12-9-15(13-5-3-6-14(10-13)19(24)25)21-18(20-12)16-7-4-8-22(16)17(23)11-26-2/h3,5-6,9-10,16H,4,7-8,11H2,1-2H3,(H,24,25). The fourth-order valence-electron chi connectivity index (χ4n) is 3.24. The normalized spacial score (nSPS) is 16.7. The largest absolute Gasteiger partial charge is 0.478 e. The molecule has 1 aromatic carbocycles. The molecule has 0 bridgehead atoms. The zero-order chi connectivity index (χ0) is 18.7. The summed E-state index contributed by atoms with van der Waals surface area (Å²) in [6.45, 7) is 2.57. The highest BCUT2D eigenvalue weighted by atomic mass is 16.5. The van der Waals surface area contributed by atoms with Gasteiger partial charge >= 0.3 is 5.97 Å². The quantitative estimate of drug-likeness (QED) is 0.886. The molecule has 7 nitrogen and oxygen atoms in total. The van der Waals surface area contributed by atoms with Gasteiger partial charge in [0.05, 0.1) is 17.3 Å². The van der Waals surface area contributed by atoms with Crippen LogP contribution in [0.1, 0.15) is 40.8 Å². The second-order valence-electron chi connectivity index (χ2n) is 6.32. The Bertz CT molecular complexity index is 837. The first-order chi connectivity index (χ1) is 12.5. The summed E-state index contributed by atoms with van der Waals surface area (Å²) >= 11 is 0. The van der Waals surface area contributed by atoms with Crippen LogP contribution >= 0.6 is 0 Å². The van der Waals surface area contributed by atoms with Gasteiger partial charge in [0.15, 0.2) is 5.82 Å². The number of aromatic carboxylic acids is 1. The number of methoxy groups -OCH3 is 1. The Morgan fingerprint density at radius 3 is 2.85 bits per heavy atom. The van der Waals surface area contributed by atoms with Crippen molar-refractivity contribution in [3.63, 3.8) is 0 Å². The van der Waals surface area contributed by atoms with Crippen LogP contribution in [0.3, 0.4) is 0 Å². The van der Waals surface area contributed by atoms with E-state index in [0.717, 1.165) is 18.5 Å². The minimum atomic E-state index is -0.981. The lowest BCUT2D eigenvalue weighted by Gasteiger charge is -2.24. The molecular weight excluding hydrogens is 334 g/mol. The van der Waals surface area contributed by atoms with Crippen LogP contribution in [0.15, 0.2) is 30.3 Å². The van der Waals surface area contributed by atoms with Crippen LogP contribution in [-0.2, 0) is 9.53 Å². The highest BCUT2D eigenvalue weighted by molar-refractivity contribution is 5.89. The summed E-state index contributed by atoms with van der Waals surface area (Å²) in [6.07, 6.45) is 1.69. The minimum Gasteiger partial charge on any atom is -0.478 e. The summed E-state index contributed by atoms with van der Waals surface area (Å²) in [7, 11) is 1.50. The second kappa shape index (κ2) is 7.61. The van der Waals surface area contributed by atoms with Gasteiger partial charge < -0.3 is 14.7 Å². The fourth-order valence-corrected chi connectivity index (χ4v) is 3.24. The van der Waals surface area contributed by atoms with Gasteiger partial charge in [-0.05, 0) is 38.0 Å². The number of aromatic nitrogens is 2. The number of hydrogen-bond acceptors (Lipinski definition) is 5. The molecule has 1 saturated heterocycles. The van der Waals surface area contributed by atoms with E-state index in [1.807, 2.05) is 19.1 Å². The number of benzene rings is 1. The number of likely N-dealkylation sites (tertiary alicyclic amines) is 1. The molecule has 1 N–H and O–H groups in total. The first-order valence-corrected chi connectivity index (χ1v) is 8.47. The monoisotopic (exact) mass is 355 g/mol. The van der Waals surface area contributed by atoms with Crippen LogP contribution in [0, 0.1) is 6.92 Å². The predicted molar refractivity (Wildman–Crippen MR) is 94.7 cm³/mol. The van der Waals surface area contributed by atoms with E-state index < -0.39 is 5.97 Å². The topological polar surface area (TPSA) is 92.6 Å². The summed E-state index contributed by atoms with van der Waals surface area (Å²) in [4.78, 5) is 34.4. The Morgan fingerprint density at radius 2 is 2.12 bits per heavy atom. The molecule has 0 aliphatic carbocycles. The van der Waals surface area contributed by atoms with Gasteiger partial charge in [0.1, 0.15) is 6.61 Å². The minimum absolute atomic E-state index is 0.0375. The molecule has 1 atom stereocenters. The van der Waals surface area contributed by atoms with E-state index in [-0.39, 0.29) is 24.1 Å². The van der Waals surface area contributed by atoms with Crippen molar-refractivity contribution in [3.8, 4) is 11.3 Å². The van der Waals surface area contributed by atoms with Crippen LogP contribution in [0.25, 0.3) is 11.3 Å². The van der Waals surface area contributed by atoms with E-state index in [4.69, 9.17) is 4.74 Å². The van der Waals surface area contributed by atoms with E-state index in [0.29, 0.717) is 23.6 Å². The average Bonchev–Trinajstić information content (AvgIpc) is 3.11. The van der Waals surface area contributed by atoms with E-state index in [1.165, 1.54) is 7.11 Å². The van der Waals surface area contributed by atoms with Gasteiger partial charge in [-0.1, -0.05) is 12.1 Å². The third-order valence-corrected chi connectivity index (χ3v) is 4.42. The van der Waals surface area contributed by atoms with E-state index >= 15 is 0 Å². The Hall–Kier alpha value is -2.80. The summed E-state index contributed by atoms with van der Waals surface area (Å²) < 4.78 is 4.96. The maximum atomic E-state index is 12.3. The number of ether oxygens (including phenoxy) is 1. The number of rotatable bonds is 5. The maximum Gasteiger partial charge on any atom is 0.335 e. The van der Waals surface area contributed by atoms with Crippen molar-refractivity contribution in [1.29, 1.82) is 0 Å². The van der Waals surface area contributed by atoms with Crippen LogP contribution < -0.4 is 0 Å². The molecule has 2 heterocycles. The number of aryl methyl sites for hydroxylation is 1. The molecule has 136 valence electrons. The molecular formula is C19H21N3O4. The molecule has 0 saturated carbocycles. The number of carboxylic acid groups (broad SMARTS) is 1. The molecule has 0 spiro atoms. The van der Waals surface area contributed by atoms with Gasteiger partial charge in [-0.3, -0.25) is 4.79 Å². The lowest BCUT2D eigenvalue weighted by atomic mass is 10.1. The Labute approximate surface area is 151 Å². The molecule has 7 heteroatoms. The van der Waals surface area contributed by atoms with Gasteiger partial charge in [0, 0.05) is 24.9 Å². The number of hydrogen-bond donors (Lipinski definition) is 1. The number of carbonyl (C=O) groups excluding carboxylic acids is 1. The number of carboxylic acids is 1. The van der Waals surface area contributed by atoms with Crippen molar-refractivity contribution < 1.29 is 19.4 Å². The first-order valence-electron chi connectivity index (χ1n) is 8.47. The van der Waals surface area contributed by atoms with Crippen molar-refractivity contribution in [2.75, 3.05) is 20.3 Å². The SMILES string of the molecule is COCC(=O)N1CCCC1c1nc(C)cc(-c2cccc(C(=O)O)c2)n1. The summed E-state index contributed by atoms with van der Waals surface area (Å²) in [5.74, 6) is -0.470. The lowest BCUT2D eigenvalue weighted by molar-refractivity contribution is -0.136. The highest BCUT2D eigenvalue weighted by Crippen LogP contribution is 2.31. The Morgan fingerprint density at radius 1 is 1.31 bits per heavy atom. The predicted octanol–water partition coefficient (Wildman–Crippen LogP) is 2.46. The Balaban J connectivity index is 1.96. The Kier molecular flexibility index (Phi) is 5.27. The van der Waals surface area contributed by atoms with Crippen molar-refractivity contribution in [3.05, 3.63) is 47.4 Å². The van der Waals surface area contributed by atoms with Gasteiger partial charge in [0.25, 0.3) is 0 Å². The van der Waals surface area contributed by atoms with Crippen molar-refractivity contribution >= 4 is 11.9 Å².